The second-order valence-corrected chi connectivity index (χ2v) is 8.24. The number of aryl methyl sites for hydroxylation is 1. The molecule has 164 valence electrons. The van der Waals surface area contributed by atoms with E-state index in [0.29, 0.717) is 26.9 Å². The molecule has 6 nitrogen and oxygen atoms in total. The maximum atomic E-state index is 12.5. The lowest BCUT2D eigenvalue weighted by Gasteiger charge is -2.12. The number of nitrogens with two attached hydrogens (primary N) is 1. The number of aromatic nitrogens is 1. The number of thiophene rings is 1. The maximum absolute atomic E-state index is 12.5. The van der Waals surface area contributed by atoms with Gasteiger partial charge < -0.3 is 19.9 Å². The minimum absolute atomic E-state index is 0.275. The van der Waals surface area contributed by atoms with Gasteiger partial charge in [-0.05, 0) is 43.2 Å². The van der Waals surface area contributed by atoms with Crippen LogP contribution in [0.3, 0.4) is 0 Å². The van der Waals surface area contributed by atoms with E-state index in [-0.39, 0.29) is 6.61 Å². The Hall–Kier alpha value is -3.58. The van der Waals surface area contributed by atoms with E-state index in [1.807, 2.05) is 55.5 Å². The lowest BCUT2D eigenvalue weighted by Crippen LogP contribution is -2.04. The third kappa shape index (κ3) is 3.87. The molecule has 0 saturated heterocycles. The Kier molecular flexibility index (Phi) is 6.01. The molecule has 2 aromatic carbocycles. The predicted octanol–water partition coefficient (Wildman–Crippen LogP) is 5.71. The van der Waals surface area contributed by atoms with Crippen LogP contribution in [0.15, 0.2) is 48.5 Å². The molecule has 0 spiro atoms. The number of pyridine rings is 1. The lowest BCUT2D eigenvalue weighted by atomic mass is 9.99. The minimum Gasteiger partial charge on any atom is -0.493 e. The predicted molar refractivity (Wildman–Crippen MR) is 129 cm³/mol. The smallest absolute Gasteiger partial charge is 0.350 e. The van der Waals surface area contributed by atoms with Gasteiger partial charge in [-0.25, -0.2) is 9.78 Å². The van der Waals surface area contributed by atoms with Crippen LogP contribution in [0.1, 0.15) is 22.2 Å². The zero-order chi connectivity index (χ0) is 22.8. The molecular formula is C25H24N2O4S. The van der Waals surface area contributed by atoms with Crippen molar-refractivity contribution in [3.63, 3.8) is 0 Å². The van der Waals surface area contributed by atoms with Gasteiger partial charge in [-0.3, -0.25) is 0 Å². The Morgan fingerprint density at radius 3 is 2.34 bits per heavy atom. The van der Waals surface area contributed by atoms with Gasteiger partial charge in [0.25, 0.3) is 0 Å². The fourth-order valence-corrected chi connectivity index (χ4v) is 4.59. The summed E-state index contributed by atoms with van der Waals surface area (Å²) < 4.78 is 16.1. The van der Waals surface area contributed by atoms with Crippen LogP contribution in [0.5, 0.6) is 11.5 Å². The van der Waals surface area contributed by atoms with Crippen LogP contribution in [-0.4, -0.2) is 31.8 Å². The Morgan fingerprint density at radius 2 is 1.69 bits per heavy atom. The van der Waals surface area contributed by atoms with Crippen molar-refractivity contribution in [2.45, 2.75) is 13.8 Å². The summed E-state index contributed by atoms with van der Waals surface area (Å²) >= 11 is 1.24. The summed E-state index contributed by atoms with van der Waals surface area (Å²) in [6.07, 6.45) is 0. The van der Waals surface area contributed by atoms with E-state index >= 15 is 0 Å². The number of methoxy groups -OCH3 is 2. The molecule has 2 N–H and O–H groups in total. The second-order valence-electron chi connectivity index (χ2n) is 7.24. The Labute approximate surface area is 190 Å². The second kappa shape index (κ2) is 8.88. The first-order valence-electron chi connectivity index (χ1n) is 10.2. The SMILES string of the molecule is CCOC(=O)c1sc2nc(-c3ccc(C)cc3)cc(-c3ccc(OC)c(OC)c3)c2c1N. The van der Waals surface area contributed by atoms with Crippen molar-refractivity contribution >= 4 is 33.2 Å². The van der Waals surface area contributed by atoms with Crippen LogP contribution in [0.4, 0.5) is 5.69 Å². The first-order chi connectivity index (χ1) is 15.5. The Bertz CT molecular complexity index is 1300. The molecule has 2 aromatic heterocycles. The van der Waals surface area contributed by atoms with E-state index < -0.39 is 5.97 Å². The summed E-state index contributed by atoms with van der Waals surface area (Å²) in [4.78, 5) is 18.4. The fourth-order valence-electron chi connectivity index (χ4n) is 3.57. The highest BCUT2D eigenvalue weighted by Gasteiger charge is 2.23. The van der Waals surface area contributed by atoms with Crippen LogP contribution >= 0.6 is 11.3 Å². The zero-order valence-corrected chi connectivity index (χ0v) is 19.2. The van der Waals surface area contributed by atoms with Crippen molar-refractivity contribution in [2.24, 2.45) is 0 Å². The topological polar surface area (TPSA) is 83.7 Å². The van der Waals surface area contributed by atoms with Gasteiger partial charge >= 0.3 is 5.97 Å². The number of esters is 1. The summed E-state index contributed by atoms with van der Waals surface area (Å²) in [5.74, 6) is 0.792. The Balaban J connectivity index is 2.00. The number of anilines is 1. The summed E-state index contributed by atoms with van der Waals surface area (Å²) in [6, 6.07) is 15.8. The number of ether oxygens (including phenoxy) is 3. The number of nitrogen functional groups attached to an aromatic ring is 1. The highest BCUT2D eigenvalue weighted by Crippen LogP contribution is 2.43. The molecule has 0 atom stereocenters. The zero-order valence-electron chi connectivity index (χ0n) is 18.4. The van der Waals surface area contributed by atoms with Crippen molar-refractivity contribution in [1.82, 2.24) is 4.98 Å². The maximum Gasteiger partial charge on any atom is 0.350 e. The average molecular weight is 449 g/mol. The first kappa shape index (κ1) is 21.6. The third-order valence-electron chi connectivity index (χ3n) is 5.20. The van der Waals surface area contributed by atoms with Gasteiger partial charge in [0.2, 0.25) is 0 Å². The monoisotopic (exact) mass is 448 g/mol. The van der Waals surface area contributed by atoms with E-state index in [1.165, 1.54) is 16.9 Å². The molecule has 0 bridgehead atoms. The van der Waals surface area contributed by atoms with Crippen molar-refractivity contribution in [2.75, 3.05) is 26.6 Å². The van der Waals surface area contributed by atoms with E-state index in [9.17, 15) is 4.79 Å². The van der Waals surface area contributed by atoms with Gasteiger partial charge in [0.1, 0.15) is 9.71 Å². The fraction of sp³-hybridized carbons (Fsp3) is 0.200. The molecule has 2 heterocycles. The molecule has 0 fully saturated rings. The Morgan fingerprint density at radius 1 is 1.00 bits per heavy atom. The van der Waals surface area contributed by atoms with Gasteiger partial charge in [-0.2, -0.15) is 0 Å². The molecule has 0 aliphatic carbocycles. The number of benzene rings is 2. The molecule has 0 saturated carbocycles. The van der Waals surface area contributed by atoms with Crippen molar-refractivity contribution < 1.29 is 19.0 Å². The van der Waals surface area contributed by atoms with Gasteiger partial charge in [-0.15, -0.1) is 11.3 Å². The molecule has 0 aliphatic heterocycles. The van der Waals surface area contributed by atoms with E-state index in [1.54, 1.807) is 21.1 Å². The van der Waals surface area contributed by atoms with Crippen molar-refractivity contribution in [3.05, 3.63) is 59.0 Å². The molecule has 32 heavy (non-hydrogen) atoms. The van der Waals surface area contributed by atoms with Crippen LogP contribution in [-0.2, 0) is 4.74 Å². The largest absolute Gasteiger partial charge is 0.493 e. The normalized spacial score (nSPS) is 10.9. The first-order valence-corrected chi connectivity index (χ1v) is 11.0. The van der Waals surface area contributed by atoms with Gasteiger partial charge in [-0.1, -0.05) is 35.9 Å². The summed E-state index contributed by atoms with van der Waals surface area (Å²) in [6.45, 7) is 4.09. The highest BCUT2D eigenvalue weighted by atomic mass is 32.1. The third-order valence-corrected chi connectivity index (χ3v) is 6.28. The molecule has 0 aliphatic rings. The number of carbonyl (C=O) groups excluding carboxylic acids is 1. The number of hydrogen-bond donors (Lipinski definition) is 1. The van der Waals surface area contributed by atoms with Crippen LogP contribution in [0.2, 0.25) is 0 Å². The van der Waals surface area contributed by atoms with Crippen molar-refractivity contribution in [1.29, 1.82) is 0 Å². The molecule has 7 heteroatoms. The van der Waals surface area contributed by atoms with E-state index in [2.05, 4.69) is 0 Å². The summed E-state index contributed by atoms with van der Waals surface area (Å²) in [5.41, 5.74) is 11.5. The average Bonchev–Trinajstić information content (AvgIpc) is 3.15. The summed E-state index contributed by atoms with van der Waals surface area (Å²) in [5, 5.41) is 0.723. The molecule has 0 radical (unpaired) electrons. The number of hydrogen-bond acceptors (Lipinski definition) is 7. The molecule has 0 amide bonds. The molecule has 0 unspecified atom stereocenters. The molecule has 4 rings (SSSR count). The van der Waals surface area contributed by atoms with Crippen molar-refractivity contribution in [3.8, 4) is 33.9 Å². The number of nitrogens with zero attached hydrogens (tertiary/aromatic N) is 1. The standard InChI is InChI=1S/C25H24N2O4S/c1-5-31-25(28)23-22(26)21-17(16-10-11-19(29-3)20(12-16)30-4)13-18(27-24(21)32-23)15-8-6-14(2)7-9-15/h6-13H,5,26H2,1-4H3. The molecular weight excluding hydrogens is 424 g/mol. The van der Waals surface area contributed by atoms with Crippen LogP contribution < -0.4 is 15.2 Å². The van der Waals surface area contributed by atoms with Gasteiger partial charge in [0, 0.05) is 10.9 Å². The minimum atomic E-state index is -0.442. The molecule has 4 aromatic rings. The highest BCUT2D eigenvalue weighted by molar-refractivity contribution is 7.21. The van der Waals surface area contributed by atoms with E-state index in [4.69, 9.17) is 24.9 Å². The number of carbonyl (C=O) groups is 1. The lowest BCUT2D eigenvalue weighted by molar-refractivity contribution is 0.0533. The van der Waals surface area contributed by atoms with Gasteiger partial charge in [0.15, 0.2) is 11.5 Å². The summed E-state index contributed by atoms with van der Waals surface area (Å²) in [7, 11) is 3.19. The number of fused-ring (bicyclic) bond motifs is 1. The van der Waals surface area contributed by atoms with E-state index in [0.717, 1.165) is 27.8 Å². The van der Waals surface area contributed by atoms with Crippen LogP contribution in [0, 0.1) is 6.92 Å². The van der Waals surface area contributed by atoms with Gasteiger partial charge in [0.05, 0.1) is 32.2 Å². The quantitative estimate of drug-likeness (QED) is 0.380. The van der Waals surface area contributed by atoms with Crippen LogP contribution in [0.25, 0.3) is 32.6 Å². The number of rotatable bonds is 6.